The fourth-order valence-corrected chi connectivity index (χ4v) is 1.04. The first-order chi connectivity index (χ1) is 5.66. The molecule has 0 spiro atoms. The highest BCUT2D eigenvalue weighted by atomic mass is 16.5. The van der Waals surface area contributed by atoms with Gasteiger partial charge in [-0.05, 0) is 6.92 Å². The Balaban J connectivity index is 3.12. The quantitative estimate of drug-likeness (QED) is 0.693. The van der Waals surface area contributed by atoms with E-state index < -0.39 is 0 Å². The summed E-state index contributed by atoms with van der Waals surface area (Å²) in [5.41, 5.74) is 6.63. The van der Waals surface area contributed by atoms with Crippen molar-refractivity contribution in [3.63, 3.8) is 0 Å². The normalized spacial score (nSPS) is 12.8. The Morgan fingerprint density at radius 1 is 1.58 bits per heavy atom. The molecular formula is C8H12N2O2. The highest BCUT2D eigenvalue weighted by molar-refractivity contribution is 5.52. The number of hydrogen-bond donors (Lipinski definition) is 2. The SMILES string of the molecule is COC(C)c1c(N)cncc1O. The molecule has 0 saturated heterocycles. The van der Waals surface area contributed by atoms with E-state index in [0.717, 1.165) is 0 Å². The summed E-state index contributed by atoms with van der Waals surface area (Å²) in [5, 5.41) is 9.37. The monoisotopic (exact) mass is 168 g/mol. The van der Waals surface area contributed by atoms with Crippen molar-refractivity contribution < 1.29 is 9.84 Å². The number of anilines is 1. The van der Waals surface area contributed by atoms with Crippen LogP contribution in [-0.4, -0.2) is 17.2 Å². The summed E-state index contributed by atoms with van der Waals surface area (Å²) in [5.74, 6) is 0.0735. The number of methoxy groups -OCH3 is 1. The Bertz CT molecular complexity index is 256. The summed E-state index contributed by atoms with van der Waals surface area (Å²) in [6, 6.07) is 0. The molecule has 0 aliphatic carbocycles. The van der Waals surface area contributed by atoms with Gasteiger partial charge in [-0.1, -0.05) is 0 Å². The van der Waals surface area contributed by atoms with Crippen molar-refractivity contribution >= 4 is 5.69 Å². The second-order valence-corrected chi connectivity index (χ2v) is 2.54. The first-order valence-electron chi connectivity index (χ1n) is 3.62. The van der Waals surface area contributed by atoms with Crippen LogP contribution in [0.3, 0.4) is 0 Å². The number of nitrogens with two attached hydrogens (primary N) is 1. The zero-order valence-electron chi connectivity index (χ0n) is 7.11. The van der Waals surface area contributed by atoms with Crippen LogP contribution in [0.1, 0.15) is 18.6 Å². The van der Waals surface area contributed by atoms with Crippen LogP contribution in [0.15, 0.2) is 12.4 Å². The topological polar surface area (TPSA) is 68.4 Å². The molecule has 0 amide bonds. The largest absolute Gasteiger partial charge is 0.506 e. The van der Waals surface area contributed by atoms with E-state index in [0.29, 0.717) is 11.3 Å². The molecular weight excluding hydrogens is 156 g/mol. The molecule has 0 fully saturated rings. The molecule has 12 heavy (non-hydrogen) atoms. The van der Waals surface area contributed by atoms with Crippen LogP contribution >= 0.6 is 0 Å². The van der Waals surface area contributed by atoms with E-state index in [2.05, 4.69) is 4.98 Å². The van der Waals surface area contributed by atoms with E-state index in [1.54, 1.807) is 7.11 Å². The van der Waals surface area contributed by atoms with Gasteiger partial charge < -0.3 is 15.6 Å². The Kier molecular flexibility index (Phi) is 2.50. The van der Waals surface area contributed by atoms with Gasteiger partial charge in [-0.2, -0.15) is 0 Å². The Hall–Kier alpha value is -1.29. The minimum absolute atomic E-state index is 0.0735. The number of ether oxygens (including phenoxy) is 1. The maximum Gasteiger partial charge on any atom is 0.141 e. The number of rotatable bonds is 2. The predicted molar refractivity (Wildman–Crippen MR) is 45.7 cm³/mol. The van der Waals surface area contributed by atoms with Crippen molar-refractivity contribution in [3.05, 3.63) is 18.0 Å². The van der Waals surface area contributed by atoms with Crippen molar-refractivity contribution in [2.24, 2.45) is 0 Å². The highest BCUT2D eigenvalue weighted by Crippen LogP contribution is 2.29. The van der Waals surface area contributed by atoms with Crippen molar-refractivity contribution in [1.29, 1.82) is 0 Å². The third-order valence-corrected chi connectivity index (χ3v) is 1.76. The fraction of sp³-hybridized carbons (Fsp3) is 0.375. The lowest BCUT2D eigenvalue weighted by Gasteiger charge is -2.13. The summed E-state index contributed by atoms with van der Waals surface area (Å²) in [6.07, 6.45) is 2.62. The van der Waals surface area contributed by atoms with Crippen molar-refractivity contribution in [1.82, 2.24) is 4.98 Å². The van der Waals surface area contributed by atoms with Crippen molar-refractivity contribution in [2.75, 3.05) is 12.8 Å². The standard InChI is InChI=1S/C8H12N2O2/c1-5(12-2)8-6(9)3-10-4-7(8)11/h3-5,11H,9H2,1-2H3. The number of aromatic hydroxyl groups is 1. The summed E-state index contributed by atoms with van der Waals surface area (Å²) < 4.78 is 5.03. The van der Waals surface area contributed by atoms with E-state index in [-0.39, 0.29) is 11.9 Å². The molecule has 0 aliphatic rings. The third-order valence-electron chi connectivity index (χ3n) is 1.76. The number of pyridine rings is 1. The molecule has 1 aromatic rings. The molecule has 0 aromatic carbocycles. The van der Waals surface area contributed by atoms with E-state index in [9.17, 15) is 5.11 Å². The Morgan fingerprint density at radius 3 is 2.75 bits per heavy atom. The predicted octanol–water partition coefficient (Wildman–Crippen LogP) is 1.08. The number of hydrogen-bond acceptors (Lipinski definition) is 4. The van der Waals surface area contributed by atoms with Gasteiger partial charge in [0, 0.05) is 12.7 Å². The van der Waals surface area contributed by atoms with Gasteiger partial charge in [0.05, 0.1) is 24.2 Å². The lowest BCUT2D eigenvalue weighted by Crippen LogP contribution is -2.02. The van der Waals surface area contributed by atoms with E-state index in [1.807, 2.05) is 6.92 Å². The fourth-order valence-electron chi connectivity index (χ4n) is 1.04. The van der Waals surface area contributed by atoms with Crippen LogP contribution in [0.25, 0.3) is 0 Å². The highest BCUT2D eigenvalue weighted by Gasteiger charge is 2.12. The summed E-state index contributed by atoms with van der Waals surface area (Å²) in [6.45, 7) is 1.81. The van der Waals surface area contributed by atoms with Crippen LogP contribution in [0.5, 0.6) is 5.75 Å². The van der Waals surface area contributed by atoms with Crippen LogP contribution in [0.4, 0.5) is 5.69 Å². The minimum Gasteiger partial charge on any atom is -0.506 e. The van der Waals surface area contributed by atoms with Gasteiger partial charge in [0.1, 0.15) is 5.75 Å². The number of nitrogens with zero attached hydrogens (tertiary/aromatic N) is 1. The molecule has 1 unspecified atom stereocenters. The molecule has 0 saturated carbocycles. The molecule has 1 atom stereocenters. The minimum atomic E-state index is -0.215. The van der Waals surface area contributed by atoms with Crippen LogP contribution in [-0.2, 0) is 4.74 Å². The van der Waals surface area contributed by atoms with Crippen LogP contribution in [0, 0.1) is 0 Å². The first-order valence-corrected chi connectivity index (χ1v) is 3.62. The summed E-state index contributed by atoms with van der Waals surface area (Å²) in [4.78, 5) is 3.73. The molecule has 0 bridgehead atoms. The zero-order valence-corrected chi connectivity index (χ0v) is 7.11. The van der Waals surface area contributed by atoms with E-state index in [4.69, 9.17) is 10.5 Å². The smallest absolute Gasteiger partial charge is 0.141 e. The van der Waals surface area contributed by atoms with Crippen LogP contribution in [0.2, 0.25) is 0 Å². The molecule has 0 aliphatic heterocycles. The average Bonchev–Trinajstić information content (AvgIpc) is 2.03. The number of nitrogen functional groups attached to an aromatic ring is 1. The van der Waals surface area contributed by atoms with Gasteiger partial charge in [0.2, 0.25) is 0 Å². The second kappa shape index (κ2) is 3.40. The second-order valence-electron chi connectivity index (χ2n) is 2.54. The zero-order chi connectivity index (χ0) is 9.14. The molecule has 66 valence electrons. The summed E-state index contributed by atoms with van der Waals surface area (Å²) >= 11 is 0. The molecule has 3 N–H and O–H groups in total. The summed E-state index contributed by atoms with van der Waals surface area (Å²) in [7, 11) is 1.56. The molecule has 1 heterocycles. The average molecular weight is 168 g/mol. The van der Waals surface area contributed by atoms with Gasteiger partial charge in [-0.15, -0.1) is 0 Å². The van der Waals surface area contributed by atoms with Crippen molar-refractivity contribution in [3.8, 4) is 5.75 Å². The lowest BCUT2D eigenvalue weighted by atomic mass is 10.1. The van der Waals surface area contributed by atoms with Crippen LogP contribution < -0.4 is 5.73 Å². The molecule has 0 radical (unpaired) electrons. The molecule has 1 aromatic heterocycles. The molecule has 4 heteroatoms. The molecule has 4 nitrogen and oxygen atoms in total. The van der Waals surface area contributed by atoms with Gasteiger partial charge in [-0.3, -0.25) is 4.98 Å². The maximum absolute atomic E-state index is 9.37. The third kappa shape index (κ3) is 1.48. The van der Waals surface area contributed by atoms with Gasteiger partial charge in [0.15, 0.2) is 0 Å². The Morgan fingerprint density at radius 2 is 2.25 bits per heavy atom. The van der Waals surface area contributed by atoms with E-state index in [1.165, 1.54) is 12.4 Å². The lowest BCUT2D eigenvalue weighted by molar-refractivity contribution is 0.117. The molecule has 1 rings (SSSR count). The maximum atomic E-state index is 9.37. The van der Waals surface area contributed by atoms with E-state index >= 15 is 0 Å². The Labute approximate surface area is 71.0 Å². The van der Waals surface area contributed by atoms with Gasteiger partial charge in [0.25, 0.3) is 0 Å². The van der Waals surface area contributed by atoms with Gasteiger partial charge in [-0.25, -0.2) is 0 Å². The first kappa shape index (κ1) is 8.80. The van der Waals surface area contributed by atoms with Crippen molar-refractivity contribution in [2.45, 2.75) is 13.0 Å². The number of aromatic nitrogens is 1. The van der Waals surface area contributed by atoms with Gasteiger partial charge >= 0.3 is 0 Å².